The first-order valence-electron chi connectivity index (χ1n) is 5.61. The van der Waals surface area contributed by atoms with E-state index in [1.807, 2.05) is 0 Å². The van der Waals surface area contributed by atoms with Crippen molar-refractivity contribution in [1.82, 2.24) is 10.6 Å². The highest BCUT2D eigenvalue weighted by molar-refractivity contribution is 6.33. The maximum atomic E-state index is 11.5. The number of nitrogens with one attached hydrogen (secondary N) is 2. The molecule has 7 heteroatoms. The first kappa shape index (κ1) is 15.6. The van der Waals surface area contributed by atoms with Gasteiger partial charge in [-0.25, -0.2) is 4.79 Å². The van der Waals surface area contributed by atoms with Crippen LogP contribution in [0, 0.1) is 0 Å². The summed E-state index contributed by atoms with van der Waals surface area (Å²) < 4.78 is 0. The summed E-state index contributed by atoms with van der Waals surface area (Å²) in [5, 5.41) is 14.6. The van der Waals surface area contributed by atoms with Crippen molar-refractivity contribution in [2.45, 2.75) is 19.4 Å². The highest BCUT2D eigenvalue weighted by Gasteiger charge is 2.13. The first-order valence-corrected chi connectivity index (χ1v) is 6.37. The highest BCUT2D eigenvalue weighted by atomic mass is 35.5. The average molecular weight is 305 g/mol. The van der Waals surface area contributed by atoms with Crippen LogP contribution >= 0.6 is 23.2 Å². The fourth-order valence-corrected chi connectivity index (χ4v) is 1.92. The van der Waals surface area contributed by atoms with E-state index in [1.165, 1.54) is 0 Å². The highest BCUT2D eigenvalue weighted by Crippen LogP contribution is 2.25. The van der Waals surface area contributed by atoms with Gasteiger partial charge in [-0.15, -0.1) is 0 Å². The number of amides is 2. The second kappa shape index (κ2) is 7.21. The van der Waals surface area contributed by atoms with Crippen LogP contribution in [0.15, 0.2) is 18.2 Å². The van der Waals surface area contributed by atoms with Crippen LogP contribution in [0.1, 0.15) is 24.9 Å². The zero-order valence-electron chi connectivity index (χ0n) is 10.2. The lowest BCUT2D eigenvalue weighted by molar-refractivity contribution is -0.136. The van der Waals surface area contributed by atoms with Crippen molar-refractivity contribution < 1.29 is 14.7 Å². The number of hydrogen-bond donors (Lipinski definition) is 3. The zero-order chi connectivity index (χ0) is 14.4. The summed E-state index contributed by atoms with van der Waals surface area (Å²) >= 11 is 11.9. The van der Waals surface area contributed by atoms with E-state index in [1.54, 1.807) is 25.1 Å². The molecule has 3 N–H and O–H groups in total. The SMILES string of the molecule is C[C@H](NC(=O)NCCC(=O)O)c1cc(Cl)ccc1Cl. The molecule has 5 nitrogen and oxygen atoms in total. The lowest BCUT2D eigenvalue weighted by Crippen LogP contribution is -2.38. The molecule has 0 aliphatic carbocycles. The molecule has 0 fully saturated rings. The number of carbonyl (C=O) groups is 2. The predicted octanol–water partition coefficient (Wildman–Crippen LogP) is 2.83. The normalized spacial score (nSPS) is 11.7. The van der Waals surface area contributed by atoms with Gasteiger partial charge in [-0.05, 0) is 30.7 Å². The Hall–Kier alpha value is -1.46. The third-order valence-electron chi connectivity index (χ3n) is 2.40. The topological polar surface area (TPSA) is 78.4 Å². The molecule has 1 aromatic carbocycles. The van der Waals surface area contributed by atoms with E-state index in [9.17, 15) is 9.59 Å². The van der Waals surface area contributed by atoms with Crippen LogP contribution in [0.2, 0.25) is 10.0 Å². The molecule has 0 aromatic heterocycles. The van der Waals surface area contributed by atoms with E-state index in [2.05, 4.69) is 10.6 Å². The lowest BCUT2D eigenvalue weighted by atomic mass is 10.1. The fourth-order valence-electron chi connectivity index (χ4n) is 1.45. The molecule has 1 rings (SSSR count). The van der Waals surface area contributed by atoms with Gasteiger partial charge in [0.1, 0.15) is 0 Å². The first-order chi connectivity index (χ1) is 8.90. The average Bonchev–Trinajstić information content (AvgIpc) is 2.31. The standard InChI is InChI=1S/C12H14Cl2N2O3/c1-7(9-6-8(13)2-3-10(9)14)16-12(19)15-5-4-11(17)18/h2-3,6-7H,4-5H2,1H3,(H,17,18)(H2,15,16,19)/t7-/m0/s1. The second-order valence-corrected chi connectivity index (χ2v) is 4.78. The molecule has 2 amide bonds. The van der Waals surface area contributed by atoms with Crippen LogP contribution in [-0.4, -0.2) is 23.7 Å². The summed E-state index contributed by atoms with van der Waals surface area (Å²) in [5.74, 6) is -0.966. The van der Waals surface area contributed by atoms with Crippen molar-refractivity contribution in [2.75, 3.05) is 6.54 Å². The van der Waals surface area contributed by atoms with Crippen LogP contribution in [0.5, 0.6) is 0 Å². The zero-order valence-corrected chi connectivity index (χ0v) is 11.8. The van der Waals surface area contributed by atoms with Gasteiger partial charge < -0.3 is 15.7 Å². The Kier molecular flexibility index (Phi) is 5.92. The van der Waals surface area contributed by atoms with E-state index in [-0.39, 0.29) is 19.0 Å². The van der Waals surface area contributed by atoms with Crippen LogP contribution in [0.3, 0.4) is 0 Å². The van der Waals surface area contributed by atoms with Crippen molar-refractivity contribution in [3.05, 3.63) is 33.8 Å². The van der Waals surface area contributed by atoms with Crippen LogP contribution in [0.25, 0.3) is 0 Å². The molecule has 104 valence electrons. The Morgan fingerprint density at radius 3 is 2.68 bits per heavy atom. The minimum absolute atomic E-state index is 0.0666. The molecule has 1 atom stereocenters. The quantitative estimate of drug-likeness (QED) is 0.782. The minimum Gasteiger partial charge on any atom is -0.481 e. The van der Waals surface area contributed by atoms with Crippen molar-refractivity contribution in [2.24, 2.45) is 0 Å². The Morgan fingerprint density at radius 2 is 2.05 bits per heavy atom. The number of carbonyl (C=O) groups excluding carboxylic acids is 1. The van der Waals surface area contributed by atoms with Crippen molar-refractivity contribution in [3.8, 4) is 0 Å². The largest absolute Gasteiger partial charge is 0.481 e. The molecule has 0 saturated heterocycles. The van der Waals surface area contributed by atoms with Gasteiger partial charge in [0.2, 0.25) is 0 Å². The molecule has 19 heavy (non-hydrogen) atoms. The number of aliphatic carboxylic acids is 1. The molecule has 0 heterocycles. The monoisotopic (exact) mass is 304 g/mol. The predicted molar refractivity (Wildman–Crippen MR) is 73.7 cm³/mol. The van der Waals surface area contributed by atoms with E-state index >= 15 is 0 Å². The summed E-state index contributed by atoms with van der Waals surface area (Å²) in [7, 11) is 0. The number of benzene rings is 1. The smallest absolute Gasteiger partial charge is 0.315 e. The molecule has 0 radical (unpaired) electrons. The summed E-state index contributed by atoms with van der Waals surface area (Å²) in [6.45, 7) is 1.82. The molecule has 1 aromatic rings. The van der Waals surface area contributed by atoms with Gasteiger partial charge in [0.15, 0.2) is 0 Å². The van der Waals surface area contributed by atoms with Gasteiger partial charge in [-0.1, -0.05) is 23.2 Å². The maximum Gasteiger partial charge on any atom is 0.315 e. The Bertz CT molecular complexity index is 480. The lowest BCUT2D eigenvalue weighted by Gasteiger charge is -2.16. The van der Waals surface area contributed by atoms with Gasteiger partial charge >= 0.3 is 12.0 Å². The van der Waals surface area contributed by atoms with Gasteiger partial charge in [0.05, 0.1) is 12.5 Å². The number of carboxylic acids is 1. The third kappa shape index (κ3) is 5.36. The Balaban J connectivity index is 2.54. The number of urea groups is 1. The van der Waals surface area contributed by atoms with Crippen LogP contribution in [-0.2, 0) is 4.79 Å². The molecular formula is C12H14Cl2N2O3. The Morgan fingerprint density at radius 1 is 1.37 bits per heavy atom. The van der Waals surface area contributed by atoms with Gasteiger partial charge in [0.25, 0.3) is 0 Å². The molecule has 0 unspecified atom stereocenters. The number of hydrogen-bond acceptors (Lipinski definition) is 2. The van der Waals surface area contributed by atoms with Gasteiger partial charge in [0, 0.05) is 16.6 Å². The number of rotatable bonds is 5. The molecule has 0 spiro atoms. The van der Waals surface area contributed by atoms with Crippen molar-refractivity contribution >= 4 is 35.2 Å². The number of carboxylic acid groups (broad SMARTS) is 1. The van der Waals surface area contributed by atoms with Gasteiger partial charge in [-0.2, -0.15) is 0 Å². The second-order valence-electron chi connectivity index (χ2n) is 3.93. The minimum atomic E-state index is -0.966. The van der Waals surface area contributed by atoms with Gasteiger partial charge in [-0.3, -0.25) is 4.79 Å². The van der Waals surface area contributed by atoms with Crippen LogP contribution < -0.4 is 10.6 Å². The fraction of sp³-hybridized carbons (Fsp3) is 0.333. The van der Waals surface area contributed by atoms with E-state index in [0.717, 1.165) is 0 Å². The molecule has 0 saturated carbocycles. The Labute approximate surface area is 120 Å². The van der Waals surface area contributed by atoms with Crippen molar-refractivity contribution in [1.29, 1.82) is 0 Å². The number of halogens is 2. The maximum absolute atomic E-state index is 11.5. The molecule has 0 aliphatic heterocycles. The summed E-state index contributed by atoms with van der Waals surface area (Å²) in [6.07, 6.45) is -0.125. The van der Waals surface area contributed by atoms with E-state index in [4.69, 9.17) is 28.3 Å². The molecule has 0 bridgehead atoms. The molecule has 0 aliphatic rings. The van der Waals surface area contributed by atoms with E-state index in [0.29, 0.717) is 15.6 Å². The summed E-state index contributed by atoms with van der Waals surface area (Å²) in [4.78, 5) is 21.8. The summed E-state index contributed by atoms with van der Waals surface area (Å²) in [6, 6.07) is 4.19. The molecular weight excluding hydrogens is 291 g/mol. The third-order valence-corrected chi connectivity index (χ3v) is 2.98. The van der Waals surface area contributed by atoms with Crippen molar-refractivity contribution in [3.63, 3.8) is 0 Å². The van der Waals surface area contributed by atoms with E-state index < -0.39 is 12.0 Å². The summed E-state index contributed by atoms with van der Waals surface area (Å²) in [5.41, 5.74) is 0.697. The van der Waals surface area contributed by atoms with Crippen LogP contribution in [0.4, 0.5) is 4.79 Å².